The number of rotatable bonds is 6. The molecule has 0 spiro atoms. The Hall–Kier alpha value is -3.60. The van der Waals surface area contributed by atoms with Crippen LogP contribution in [-0.4, -0.2) is 18.4 Å². The van der Waals surface area contributed by atoms with Crippen LogP contribution in [0.3, 0.4) is 0 Å². The Kier molecular flexibility index (Phi) is 6.07. The summed E-state index contributed by atoms with van der Waals surface area (Å²) in [4.78, 5) is 24.6. The van der Waals surface area contributed by atoms with Gasteiger partial charge in [-0.3, -0.25) is 9.59 Å². The van der Waals surface area contributed by atoms with Gasteiger partial charge in [-0.1, -0.05) is 17.7 Å². The van der Waals surface area contributed by atoms with Gasteiger partial charge < -0.3 is 15.4 Å². The molecule has 0 aliphatic heterocycles. The van der Waals surface area contributed by atoms with E-state index < -0.39 is 0 Å². The molecule has 3 aromatic rings. The molecule has 0 saturated carbocycles. The van der Waals surface area contributed by atoms with Gasteiger partial charge in [0.1, 0.15) is 5.75 Å². The average molecular weight is 374 g/mol. The molecule has 5 heteroatoms. The summed E-state index contributed by atoms with van der Waals surface area (Å²) >= 11 is 0. The highest BCUT2D eigenvalue weighted by atomic mass is 16.5. The van der Waals surface area contributed by atoms with E-state index in [0.29, 0.717) is 29.1 Å². The van der Waals surface area contributed by atoms with Crippen LogP contribution in [0.25, 0.3) is 0 Å². The highest BCUT2D eigenvalue weighted by Crippen LogP contribution is 2.17. The van der Waals surface area contributed by atoms with Crippen molar-refractivity contribution in [3.63, 3.8) is 0 Å². The number of carbonyl (C=O) groups is 2. The lowest BCUT2D eigenvalue weighted by Crippen LogP contribution is -2.13. The Bertz CT molecular complexity index is 964. The van der Waals surface area contributed by atoms with Gasteiger partial charge in [0.05, 0.1) is 6.61 Å². The quantitative estimate of drug-likeness (QED) is 0.645. The van der Waals surface area contributed by atoms with Crippen LogP contribution in [0.5, 0.6) is 5.75 Å². The van der Waals surface area contributed by atoms with Crippen molar-refractivity contribution >= 4 is 23.2 Å². The maximum Gasteiger partial charge on any atom is 0.255 e. The average Bonchev–Trinajstić information content (AvgIpc) is 2.70. The standard InChI is InChI=1S/C23H22N2O3/c1-3-28-21-13-7-17(8-14-21)22(26)24-19-9-11-20(12-10-19)25-23(27)18-6-4-5-16(2)15-18/h4-15H,3H2,1-2H3,(H,24,26)(H,25,27). The third-order valence-electron chi connectivity index (χ3n) is 4.11. The summed E-state index contributed by atoms with van der Waals surface area (Å²) in [7, 11) is 0. The summed E-state index contributed by atoms with van der Waals surface area (Å²) in [5.41, 5.74) is 3.48. The topological polar surface area (TPSA) is 67.4 Å². The monoisotopic (exact) mass is 374 g/mol. The molecule has 3 aromatic carbocycles. The van der Waals surface area contributed by atoms with E-state index >= 15 is 0 Å². The van der Waals surface area contributed by atoms with Crippen LogP contribution in [0, 0.1) is 6.92 Å². The summed E-state index contributed by atoms with van der Waals surface area (Å²) in [6, 6.07) is 21.4. The number of nitrogens with one attached hydrogen (secondary N) is 2. The largest absolute Gasteiger partial charge is 0.494 e. The van der Waals surface area contributed by atoms with Gasteiger partial charge in [-0.2, -0.15) is 0 Å². The van der Waals surface area contributed by atoms with Gasteiger partial charge in [-0.05, 0) is 74.5 Å². The summed E-state index contributed by atoms with van der Waals surface area (Å²) in [6.07, 6.45) is 0. The zero-order valence-electron chi connectivity index (χ0n) is 15.9. The van der Waals surface area contributed by atoms with Crippen LogP contribution >= 0.6 is 0 Å². The second-order valence-electron chi connectivity index (χ2n) is 6.31. The van der Waals surface area contributed by atoms with Crippen LogP contribution in [0.15, 0.2) is 72.8 Å². The van der Waals surface area contributed by atoms with Crippen molar-refractivity contribution in [1.29, 1.82) is 0 Å². The van der Waals surface area contributed by atoms with Gasteiger partial charge in [0.15, 0.2) is 0 Å². The van der Waals surface area contributed by atoms with Crippen molar-refractivity contribution in [3.8, 4) is 5.75 Å². The van der Waals surface area contributed by atoms with Crippen molar-refractivity contribution in [1.82, 2.24) is 0 Å². The molecule has 0 heterocycles. The number of hydrogen-bond acceptors (Lipinski definition) is 3. The van der Waals surface area contributed by atoms with E-state index in [1.54, 1.807) is 54.6 Å². The minimum Gasteiger partial charge on any atom is -0.494 e. The molecule has 0 aromatic heterocycles. The molecule has 0 unspecified atom stereocenters. The molecule has 2 N–H and O–H groups in total. The minimum absolute atomic E-state index is 0.171. The molecular formula is C23H22N2O3. The summed E-state index contributed by atoms with van der Waals surface area (Å²) in [5, 5.41) is 5.69. The first-order valence-corrected chi connectivity index (χ1v) is 9.07. The Morgan fingerprint density at radius 1 is 0.786 bits per heavy atom. The molecule has 2 amide bonds. The fourth-order valence-electron chi connectivity index (χ4n) is 2.70. The fraction of sp³-hybridized carbons (Fsp3) is 0.130. The van der Waals surface area contributed by atoms with E-state index in [0.717, 1.165) is 11.3 Å². The lowest BCUT2D eigenvalue weighted by molar-refractivity contribution is 0.101. The molecule has 0 aliphatic carbocycles. The van der Waals surface area contributed by atoms with Gasteiger partial charge in [-0.25, -0.2) is 0 Å². The van der Waals surface area contributed by atoms with E-state index in [-0.39, 0.29) is 11.8 Å². The molecule has 0 saturated heterocycles. The van der Waals surface area contributed by atoms with Crippen LogP contribution < -0.4 is 15.4 Å². The lowest BCUT2D eigenvalue weighted by atomic mass is 10.1. The normalized spacial score (nSPS) is 10.2. The molecule has 0 bridgehead atoms. The predicted octanol–water partition coefficient (Wildman–Crippen LogP) is 4.90. The molecule has 0 radical (unpaired) electrons. The van der Waals surface area contributed by atoms with Crippen molar-refractivity contribution < 1.29 is 14.3 Å². The molecule has 0 fully saturated rings. The molecule has 28 heavy (non-hydrogen) atoms. The minimum atomic E-state index is -0.209. The summed E-state index contributed by atoms with van der Waals surface area (Å²) in [6.45, 7) is 4.44. The van der Waals surface area contributed by atoms with Gasteiger partial charge in [-0.15, -0.1) is 0 Å². The van der Waals surface area contributed by atoms with Gasteiger partial charge in [0.2, 0.25) is 0 Å². The molecule has 3 rings (SSSR count). The first-order chi connectivity index (χ1) is 13.5. The maximum atomic E-state index is 12.3. The van der Waals surface area contributed by atoms with Crippen molar-refractivity contribution in [3.05, 3.63) is 89.5 Å². The first kappa shape index (κ1) is 19.2. The van der Waals surface area contributed by atoms with Crippen molar-refractivity contribution in [2.24, 2.45) is 0 Å². The number of hydrogen-bond donors (Lipinski definition) is 2. The highest BCUT2D eigenvalue weighted by molar-refractivity contribution is 6.05. The van der Waals surface area contributed by atoms with E-state index in [2.05, 4.69) is 10.6 Å². The van der Waals surface area contributed by atoms with E-state index in [4.69, 9.17) is 4.74 Å². The van der Waals surface area contributed by atoms with Crippen LogP contribution in [0.4, 0.5) is 11.4 Å². The Labute approximate surface area is 164 Å². The maximum absolute atomic E-state index is 12.3. The number of amides is 2. The Morgan fingerprint density at radius 3 is 1.89 bits per heavy atom. The second-order valence-corrected chi connectivity index (χ2v) is 6.31. The molecule has 0 atom stereocenters. The SMILES string of the molecule is CCOc1ccc(C(=O)Nc2ccc(NC(=O)c3cccc(C)c3)cc2)cc1. The number of carbonyl (C=O) groups excluding carboxylic acids is 2. The molecular weight excluding hydrogens is 352 g/mol. The number of ether oxygens (including phenoxy) is 1. The van der Waals surface area contributed by atoms with E-state index in [9.17, 15) is 9.59 Å². The number of benzene rings is 3. The van der Waals surface area contributed by atoms with Crippen molar-refractivity contribution in [2.45, 2.75) is 13.8 Å². The van der Waals surface area contributed by atoms with E-state index in [1.165, 1.54) is 0 Å². The van der Waals surface area contributed by atoms with Gasteiger partial charge in [0, 0.05) is 22.5 Å². The van der Waals surface area contributed by atoms with Gasteiger partial charge in [0.25, 0.3) is 11.8 Å². The molecule has 142 valence electrons. The number of aryl methyl sites for hydroxylation is 1. The molecule has 0 aliphatic rings. The third-order valence-corrected chi connectivity index (χ3v) is 4.11. The number of anilines is 2. The summed E-state index contributed by atoms with van der Waals surface area (Å²) in [5.74, 6) is 0.349. The zero-order chi connectivity index (χ0) is 19.9. The van der Waals surface area contributed by atoms with Gasteiger partial charge >= 0.3 is 0 Å². The summed E-state index contributed by atoms with van der Waals surface area (Å²) < 4.78 is 5.38. The smallest absolute Gasteiger partial charge is 0.255 e. The second kappa shape index (κ2) is 8.86. The Morgan fingerprint density at radius 2 is 1.36 bits per heavy atom. The Balaban J connectivity index is 1.60. The predicted molar refractivity (Wildman–Crippen MR) is 111 cm³/mol. The zero-order valence-corrected chi connectivity index (χ0v) is 15.9. The van der Waals surface area contributed by atoms with Crippen LogP contribution in [0.2, 0.25) is 0 Å². The highest BCUT2D eigenvalue weighted by Gasteiger charge is 2.08. The van der Waals surface area contributed by atoms with Crippen LogP contribution in [-0.2, 0) is 0 Å². The fourth-order valence-corrected chi connectivity index (χ4v) is 2.70. The molecule has 5 nitrogen and oxygen atoms in total. The lowest BCUT2D eigenvalue weighted by Gasteiger charge is -2.09. The third kappa shape index (κ3) is 4.98. The van der Waals surface area contributed by atoms with E-state index in [1.807, 2.05) is 32.0 Å². The van der Waals surface area contributed by atoms with Crippen molar-refractivity contribution in [2.75, 3.05) is 17.2 Å². The first-order valence-electron chi connectivity index (χ1n) is 9.07. The van der Waals surface area contributed by atoms with Crippen LogP contribution in [0.1, 0.15) is 33.2 Å².